The number of morpholine rings is 1. The normalized spacial score (nSPS) is 23.8. The van der Waals surface area contributed by atoms with E-state index in [9.17, 15) is 9.90 Å². The fourth-order valence-electron chi connectivity index (χ4n) is 6.76. The summed E-state index contributed by atoms with van der Waals surface area (Å²) in [5.41, 5.74) is 6.82. The molecule has 3 heterocycles. The molecule has 3 fully saturated rings. The van der Waals surface area contributed by atoms with Crippen LogP contribution in [0.1, 0.15) is 48.1 Å². The van der Waals surface area contributed by atoms with Gasteiger partial charge in [-0.05, 0) is 74.3 Å². The summed E-state index contributed by atoms with van der Waals surface area (Å²) in [6.07, 6.45) is 2.00. The molecule has 3 aliphatic rings. The Balaban J connectivity index is 1.16. The molecule has 6 rings (SSSR count). The van der Waals surface area contributed by atoms with Crippen LogP contribution in [0.2, 0.25) is 0 Å². The zero-order chi connectivity index (χ0) is 27.8. The number of carboxylic acid groups (broad SMARTS) is 1. The van der Waals surface area contributed by atoms with Crippen molar-refractivity contribution in [1.29, 1.82) is 0 Å². The van der Waals surface area contributed by atoms with E-state index in [4.69, 9.17) is 14.5 Å². The Kier molecular flexibility index (Phi) is 7.84. The monoisotopic (exact) mass is 561 g/mol. The molecule has 1 N–H and O–H groups in total. The average Bonchev–Trinajstić information content (AvgIpc) is 3.55. The van der Waals surface area contributed by atoms with Gasteiger partial charge in [0.2, 0.25) is 0 Å². The van der Waals surface area contributed by atoms with Crippen LogP contribution >= 0.6 is 11.3 Å². The number of carboxylic acids is 1. The summed E-state index contributed by atoms with van der Waals surface area (Å²) in [5.74, 6) is 0.427. The number of hydrogen-bond donors (Lipinski definition) is 1. The molecule has 40 heavy (non-hydrogen) atoms. The van der Waals surface area contributed by atoms with Crippen LogP contribution in [0.4, 0.5) is 5.13 Å². The van der Waals surface area contributed by atoms with Crippen LogP contribution in [0, 0.1) is 31.6 Å². The molecule has 2 saturated heterocycles. The molecule has 2 aliphatic heterocycles. The summed E-state index contributed by atoms with van der Waals surface area (Å²) in [4.78, 5) is 21.6. The van der Waals surface area contributed by atoms with Crippen LogP contribution in [0.5, 0.6) is 5.75 Å². The first-order chi connectivity index (χ1) is 19.4. The third kappa shape index (κ3) is 5.49. The fourth-order valence-corrected chi connectivity index (χ4v) is 7.60. The van der Waals surface area contributed by atoms with Gasteiger partial charge in [-0.15, -0.1) is 11.3 Å². The van der Waals surface area contributed by atoms with Crippen molar-refractivity contribution < 1.29 is 19.4 Å². The molecule has 1 aromatic heterocycles. The van der Waals surface area contributed by atoms with Crippen LogP contribution in [0.25, 0.3) is 11.3 Å². The zero-order valence-corrected chi connectivity index (χ0v) is 24.5. The van der Waals surface area contributed by atoms with Crippen LogP contribution in [0.15, 0.2) is 41.8 Å². The van der Waals surface area contributed by atoms with Crippen molar-refractivity contribution in [3.63, 3.8) is 0 Å². The van der Waals surface area contributed by atoms with Gasteiger partial charge < -0.3 is 19.5 Å². The molecular weight excluding hydrogens is 522 g/mol. The smallest absolute Gasteiger partial charge is 0.307 e. The standard InChI is InChI=1S/C32H39N3O4S/c1-20-4-9-29(39-18-26-8-5-23(15-21(26)2)22(3)34-10-12-38-13-11-34)27(14-20)28-19-40-32(33-28)35-16-24-6-7-25(17-35)30(24)31(36)37/h4-5,8-9,14-15,19,22,24-25,30H,6-7,10-13,16-18H2,1-3H3,(H,36,37). The quantitative estimate of drug-likeness (QED) is 0.365. The number of benzene rings is 2. The number of fused-ring (bicyclic) bond motifs is 2. The van der Waals surface area contributed by atoms with Crippen molar-refractivity contribution in [3.8, 4) is 17.0 Å². The molecule has 3 atom stereocenters. The van der Waals surface area contributed by atoms with E-state index in [1.807, 2.05) is 6.07 Å². The lowest BCUT2D eigenvalue weighted by atomic mass is 9.85. The van der Waals surface area contributed by atoms with Crippen LogP contribution in [-0.2, 0) is 16.1 Å². The van der Waals surface area contributed by atoms with Crippen molar-refractivity contribution in [2.24, 2.45) is 17.8 Å². The molecule has 0 amide bonds. The van der Waals surface area contributed by atoms with E-state index in [1.165, 1.54) is 16.7 Å². The number of rotatable bonds is 8. The van der Waals surface area contributed by atoms with Gasteiger partial charge in [-0.3, -0.25) is 9.69 Å². The van der Waals surface area contributed by atoms with E-state index in [0.717, 1.165) is 79.9 Å². The van der Waals surface area contributed by atoms with Crippen molar-refractivity contribution in [3.05, 3.63) is 64.0 Å². The molecule has 1 saturated carbocycles. The lowest BCUT2D eigenvalue weighted by molar-refractivity contribution is -0.144. The summed E-state index contributed by atoms with van der Waals surface area (Å²) in [5, 5.41) is 12.8. The van der Waals surface area contributed by atoms with Crippen molar-refractivity contribution in [1.82, 2.24) is 9.88 Å². The highest BCUT2D eigenvalue weighted by Gasteiger charge is 2.46. The van der Waals surface area contributed by atoms with Crippen LogP contribution < -0.4 is 9.64 Å². The Hall–Kier alpha value is -2.94. The average molecular weight is 562 g/mol. The third-order valence-corrected chi connectivity index (χ3v) is 10.0. The van der Waals surface area contributed by atoms with Gasteiger partial charge in [-0.25, -0.2) is 4.98 Å². The molecule has 0 spiro atoms. The second kappa shape index (κ2) is 11.5. The van der Waals surface area contributed by atoms with Crippen molar-refractivity contribution in [2.45, 2.75) is 46.3 Å². The Morgan fingerprint density at radius 2 is 1.88 bits per heavy atom. The van der Waals surface area contributed by atoms with E-state index >= 15 is 0 Å². The Morgan fingerprint density at radius 1 is 1.12 bits per heavy atom. The molecule has 212 valence electrons. The number of thiazole rings is 1. The maximum absolute atomic E-state index is 11.8. The first kappa shape index (κ1) is 27.2. The topological polar surface area (TPSA) is 75.1 Å². The summed E-state index contributed by atoms with van der Waals surface area (Å²) in [6, 6.07) is 13.4. The van der Waals surface area contributed by atoms with E-state index in [1.54, 1.807) is 11.3 Å². The van der Waals surface area contributed by atoms with Gasteiger partial charge in [0.15, 0.2) is 5.13 Å². The number of hydrogen-bond acceptors (Lipinski definition) is 7. The van der Waals surface area contributed by atoms with E-state index in [-0.39, 0.29) is 17.8 Å². The van der Waals surface area contributed by atoms with Gasteiger partial charge in [-0.1, -0.05) is 29.8 Å². The summed E-state index contributed by atoms with van der Waals surface area (Å²) < 4.78 is 12.0. The van der Waals surface area contributed by atoms with Crippen LogP contribution in [-0.4, -0.2) is 60.4 Å². The fraction of sp³-hybridized carbons (Fsp3) is 0.500. The number of carbonyl (C=O) groups is 1. The number of aryl methyl sites for hydroxylation is 2. The number of ether oxygens (including phenoxy) is 2. The van der Waals surface area contributed by atoms with Crippen molar-refractivity contribution >= 4 is 22.4 Å². The zero-order valence-electron chi connectivity index (χ0n) is 23.6. The Morgan fingerprint density at radius 3 is 2.58 bits per heavy atom. The molecular formula is C32H39N3O4S. The second-order valence-corrected chi connectivity index (χ2v) is 12.5. The van der Waals surface area contributed by atoms with Gasteiger partial charge in [0.25, 0.3) is 0 Å². The first-order valence-corrected chi connectivity index (χ1v) is 15.3. The Labute approximate surface area is 240 Å². The summed E-state index contributed by atoms with van der Waals surface area (Å²) in [7, 11) is 0. The predicted molar refractivity (Wildman–Crippen MR) is 158 cm³/mol. The highest BCUT2D eigenvalue weighted by Crippen LogP contribution is 2.44. The molecule has 3 unspecified atom stereocenters. The van der Waals surface area contributed by atoms with Crippen LogP contribution in [0.3, 0.4) is 0 Å². The molecule has 2 bridgehead atoms. The van der Waals surface area contributed by atoms with Crippen molar-refractivity contribution in [2.75, 3.05) is 44.3 Å². The number of aliphatic carboxylic acids is 1. The third-order valence-electron chi connectivity index (χ3n) is 9.12. The molecule has 3 aromatic rings. The van der Waals surface area contributed by atoms with E-state index < -0.39 is 5.97 Å². The number of piperidine rings is 1. The van der Waals surface area contributed by atoms with Gasteiger partial charge in [0.1, 0.15) is 12.4 Å². The minimum atomic E-state index is -0.634. The molecule has 1 aliphatic carbocycles. The maximum Gasteiger partial charge on any atom is 0.307 e. The summed E-state index contributed by atoms with van der Waals surface area (Å²) in [6.45, 7) is 12.1. The number of nitrogens with zero attached hydrogens (tertiary/aromatic N) is 3. The predicted octanol–water partition coefficient (Wildman–Crippen LogP) is 5.95. The molecule has 0 radical (unpaired) electrons. The highest BCUT2D eigenvalue weighted by molar-refractivity contribution is 7.14. The molecule has 7 nitrogen and oxygen atoms in total. The lowest BCUT2D eigenvalue weighted by Crippen LogP contribution is -2.44. The second-order valence-electron chi connectivity index (χ2n) is 11.7. The van der Waals surface area contributed by atoms with Gasteiger partial charge in [0.05, 0.1) is 24.8 Å². The van der Waals surface area contributed by atoms with E-state index in [0.29, 0.717) is 12.6 Å². The maximum atomic E-state index is 11.8. The largest absolute Gasteiger partial charge is 0.488 e. The first-order valence-electron chi connectivity index (χ1n) is 14.5. The van der Waals surface area contributed by atoms with Gasteiger partial charge >= 0.3 is 5.97 Å². The van der Waals surface area contributed by atoms with Gasteiger partial charge in [0, 0.05) is 43.2 Å². The highest BCUT2D eigenvalue weighted by atomic mass is 32.1. The Bertz CT molecular complexity index is 1350. The number of anilines is 1. The molecule has 8 heteroatoms. The minimum Gasteiger partial charge on any atom is -0.488 e. The summed E-state index contributed by atoms with van der Waals surface area (Å²) >= 11 is 1.64. The minimum absolute atomic E-state index is 0.201. The molecule has 2 aromatic carbocycles. The number of aromatic nitrogens is 1. The van der Waals surface area contributed by atoms with Gasteiger partial charge in [-0.2, -0.15) is 0 Å². The lowest BCUT2D eigenvalue weighted by Gasteiger charge is -2.35. The van der Waals surface area contributed by atoms with E-state index in [2.05, 4.69) is 66.3 Å². The SMILES string of the molecule is Cc1ccc(OCc2ccc(C(C)N3CCOCC3)cc2C)c(-c2csc(N3CC4CCC(C3)C4C(=O)O)n2)c1.